The molecule has 4 heteroatoms. The topological polar surface area (TPSA) is 49.3 Å². The molecule has 0 radical (unpaired) electrons. The molecule has 0 aliphatic carbocycles. The summed E-state index contributed by atoms with van der Waals surface area (Å²) in [4.78, 5) is 11.7. The van der Waals surface area contributed by atoms with Crippen LogP contribution in [0.4, 0.5) is 5.69 Å². The number of anilines is 1. The van der Waals surface area contributed by atoms with Gasteiger partial charge in [0.2, 0.25) is 5.91 Å². The van der Waals surface area contributed by atoms with Gasteiger partial charge in [-0.25, -0.2) is 0 Å². The quantitative estimate of drug-likeness (QED) is 0.591. The number of nitrogens with one attached hydrogen (secondary N) is 1. The Bertz CT molecular complexity index is 356. The van der Waals surface area contributed by atoms with E-state index >= 15 is 0 Å². The van der Waals surface area contributed by atoms with Gasteiger partial charge >= 0.3 is 0 Å². The molecule has 1 aromatic carbocycles. The van der Waals surface area contributed by atoms with Gasteiger partial charge in [-0.3, -0.25) is 4.79 Å². The maximum Gasteiger partial charge on any atom is 0.224 e. The first-order valence-corrected chi connectivity index (χ1v) is 7.94. The molecule has 0 spiro atoms. The fourth-order valence-electron chi connectivity index (χ4n) is 1.57. The first-order valence-electron chi connectivity index (χ1n) is 6.82. The van der Waals surface area contributed by atoms with Crippen LogP contribution in [0.5, 0.6) is 0 Å². The lowest BCUT2D eigenvalue weighted by atomic mass is 10.1. The predicted octanol–water partition coefficient (Wildman–Crippen LogP) is 3.75. The molecular weight excluding hydrogens is 306 g/mol. The molecule has 19 heavy (non-hydrogen) atoms. The molecule has 3 nitrogen and oxygen atoms in total. The van der Waals surface area contributed by atoms with Crippen LogP contribution in [0, 0.1) is 0 Å². The molecule has 1 rings (SSSR count). The van der Waals surface area contributed by atoms with E-state index in [1.807, 2.05) is 38.1 Å². The number of unbranched alkanes of at least 4 members (excludes halogenated alkanes) is 1. The molecule has 0 aromatic heterocycles. The molecule has 2 N–H and O–H groups in total. The minimum Gasteiger partial charge on any atom is -0.396 e. The smallest absolute Gasteiger partial charge is 0.224 e. The van der Waals surface area contributed by atoms with E-state index in [0.717, 1.165) is 29.4 Å². The maximum atomic E-state index is 11.7. The van der Waals surface area contributed by atoms with Crippen LogP contribution in [0.3, 0.4) is 0 Å². The van der Waals surface area contributed by atoms with Crippen molar-refractivity contribution in [3.63, 3.8) is 0 Å². The summed E-state index contributed by atoms with van der Waals surface area (Å²) in [5, 5.41) is 12.8. The number of amides is 1. The highest BCUT2D eigenvalue weighted by atomic mass is 79.9. The molecule has 0 saturated heterocycles. The fourth-order valence-corrected chi connectivity index (χ4v) is 1.97. The van der Waals surface area contributed by atoms with Crippen molar-refractivity contribution in [1.29, 1.82) is 0 Å². The van der Waals surface area contributed by atoms with E-state index in [-0.39, 0.29) is 12.5 Å². The SMILES string of the molecule is CC.O=C(CCCCBr)Nc1ccccc1CCO. The van der Waals surface area contributed by atoms with Gasteiger partial charge in [-0.1, -0.05) is 48.0 Å². The highest BCUT2D eigenvalue weighted by Gasteiger charge is 2.05. The van der Waals surface area contributed by atoms with Gasteiger partial charge in [0, 0.05) is 24.0 Å². The number of halogens is 1. The Labute approximate surface area is 124 Å². The van der Waals surface area contributed by atoms with Crippen LogP contribution < -0.4 is 5.32 Å². The Morgan fingerprint density at radius 1 is 1.26 bits per heavy atom. The summed E-state index contributed by atoms with van der Waals surface area (Å²) in [5.41, 5.74) is 1.79. The average Bonchev–Trinajstić information content (AvgIpc) is 2.44. The van der Waals surface area contributed by atoms with Gasteiger partial charge in [0.15, 0.2) is 0 Å². The van der Waals surface area contributed by atoms with E-state index in [2.05, 4.69) is 21.2 Å². The number of hydrogen-bond donors (Lipinski definition) is 2. The second-order valence-electron chi connectivity index (χ2n) is 3.83. The van der Waals surface area contributed by atoms with E-state index < -0.39 is 0 Å². The number of alkyl halides is 1. The Hall–Kier alpha value is -0.870. The number of carbonyl (C=O) groups excluding carboxylic acids is 1. The van der Waals surface area contributed by atoms with Crippen LogP contribution in [-0.2, 0) is 11.2 Å². The van der Waals surface area contributed by atoms with Crippen LogP contribution in [0.25, 0.3) is 0 Å². The third kappa shape index (κ3) is 8.01. The first-order chi connectivity index (χ1) is 9.27. The summed E-state index contributed by atoms with van der Waals surface area (Å²) in [6.07, 6.45) is 3.00. The van der Waals surface area contributed by atoms with Crippen molar-refractivity contribution in [2.75, 3.05) is 17.3 Å². The van der Waals surface area contributed by atoms with E-state index in [1.54, 1.807) is 0 Å². The zero-order valence-corrected chi connectivity index (χ0v) is 13.4. The van der Waals surface area contributed by atoms with Crippen molar-refractivity contribution in [2.45, 2.75) is 39.5 Å². The highest BCUT2D eigenvalue weighted by molar-refractivity contribution is 9.09. The van der Waals surface area contributed by atoms with E-state index in [9.17, 15) is 4.79 Å². The minimum atomic E-state index is 0.0383. The normalized spacial score (nSPS) is 9.47. The van der Waals surface area contributed by atoms with E-state index in [4.69, 9.17) is 5.11 Å². The van der Waals surface area contributed by atoms with Crippen molar-refractivity contribution in [3.8, 4) is 0 Å². The molecule has 0 bridgehead atoms. The molecule has 0 atom stereocenters. The Balaban J connectivity index is 0.00000154. The van der Waals surface area contributed by atoms with Gasteiger partial charge in [0.1, 0.15) is 0 Å². The lowest BCUT2D eigenvalue weighted by Crippen LogP contribution is -2.13. The Morgan fingerprint density at radius 2 is 1.95 bits per heavy atom. The fraction of sp³-hybridized carbons (Fsp3) is 0.533. The molecule has 0 aliphatic heterocycles. The number of para-hydroxylation sites is 1. The summed E-state index contributed by atoms with van der Waals surface area (Å²) in [5.74, 6) is 0.0383. The summed E-state index contributed by atoms with van der Waals surface area (Å²) >= 11 is 3.34. The van der Waals surface area contributed by atoms with Crippen molar-refractivity contribution in [3.05, 3.63) is 29.8 Å². The van der Waals surface area contributed by atoms with E-state index in [1.165, 1.54) is 0 Å². The minimum absolute atomic E-state index is 0.0383. The number of benzene rings is 1. The summed E-state index contributed by atoms with van der Waals surface area (Å²) in [7, 11) is 0. The van der Waals surface area contributed by atoms with Crippen molar-refractivity contribution in [2.24, 2.45) is 0 Å². The molecule has 108 valence electrons. The van der Waals surface area contributed by atoms with Crippen LogP contribution in [0.1, 0.15) is 38.7 Å². The second-order valence-corrected chi connectivity index (χ2v) is 4.62. The standard InChI is InChI=1S/C13H18BrNO2.C2H6/c14-9-4-3-7-13(17)15-12-6-2-1-5-11(12)8-10-16;1-2/h1-2,5-6,16H,3-4,7-10H2,(H,15,17);1-2H3. The predicted molar refractivity (Wildman–Crippen MR) is 84.9 cm³/mol. The zero-order valence-electron chi connectivity index (χ0n) is 11.8. The number of aliphatic hydroxyl groups excluding tert-OH is 1. The van der Waals surface area contributed by atoms with Crippen LogP contribution in [-0.4, -0.2) is 23.0 Å². The van der Waals surface area contributed by atoms with Gasteiger partial charge in [-0.15, -0.1) is 0 Å². The van der Waals surface area contributed by atoms with Crippen molar-refractivity contribution in [1.82, 2.24) is 0 Å². The summed E-state index contributed by atoms with van der Waals surface area (Å²) in [6.45, 7) is 4.09. The van der Waals surface area contributed by atoms with Gasteiger partial charge in [-0.05, 0) is 30.9 Å². The molecule has 0 fully saturated rings. The van der Waals surface area contributed by atoms with Crippen LogP contribution in [0.2, 0.25) is 0 Å². The van der Waals surface area contributed by atoms with Gasteiger partial charge < -0.3 is 10.4 Å². The van der Waals surface area contributed by atoms with Crippen molar-refractivity contribution >= 4 is 27.5 Å². The van der Waals surface area contributed by atoms with E-state index in [0.29, 0.717) is 12.8 Å². The van der Waals surface area contributed by atoms with Crippen molar-refractivity contribution < 1.29 is 9.90 Å². The third-order valence-electron chi connectivity index (χ3n) is 2.46. The summed E-state index contributed by atoms with van der Waals surface area (Å²) < 4.78 is 0. The Kier molecular flexibility index (Phi) is 11.6. The Morgan fingerprint density at radius 3 is 2.58 bits per heavy atom. The monoisotopic (exact) mass is 329 g/mol. The largest absolute Gasteiger partial charge is 0.396 e. The number of aliphatic hydroxyl groups is 1. The molecule has 0 aliphatic rings. The lowest BCUT2D eigenvalue weighted by molar-refractivity contribution is -0.116. The molecular formula is C15H24BrNO2. The molecule has 1 aromatic rings. The first kappa shape index (κ1) is 18.1. The summed E-state index contributed by atoms with van der Waals surface area (Å²) in [6, 6.07) is 7.58. The molecule has 1 amide bonds. The van der Waals surface area contributed by atoms with Gasteiger partial charge in [0.25, 0.3) is 0 Å². The lowest BCUT2D eigenvalue weighted by Gasteiger charge is -2.09. The number of hydrogen-bond acceptors (Lipinski definition) is 2. The van der Waals surface area contributed by atoms with Gasteiger partial charge in [0.05, 0.1) is 0 Å². The van der Waals surface area contributed by atoms with Gasteiger partial charge in [-0.2, -0.15) is 0 Å². The third-order valence-corrected chi connectivity index (χ3v) is 3.02. The maximum absolute atomic E-state index is 11.7. The second kappa shape index (κ2) is 12.2. The number of carbonyl (C=O) groups is 1. The zero-order chi connectivity index (χ0) is 14.5. The van der Waals surface area contributed by atoms with Crippen LogP contribution in [0.15, 0.2) is 24.3 Å². The molecule has 0 saturated carbocycles. The molecule has 0 unspecified atom stereocenters. The average molecular weight is 330 g/mol. The molecule has 0 heterocycles. The highest BCUT2D eigenvalue weighted by Crippen LogP contribution is 2.16. The van der Waals surface area contributed by atoms with Crippen LogP contribution >= 0.6 is 15.9 Å². The number of rotatable bonds is 7.